The molecule has 0 spiro atoms. The summed E-state index contributed by atoms with van der Waals surface area (Å²) in [6.45, 7) is 0.0521. The van der Waals surface area contributed by atoms with Gasteiger partial charge in [0.2, 0.25) is 0 Å². The second kappa shape index (κ2) is 5.61. The quantitative estimate of drug-likeness (QED) is 0.786. The van der Waals surface area contributed by atoms with Crippen molar-refractivity contribution in [1.29, 1.82) is 0 Å². The van der Waals surface area contributed by atoms with E-state index in [4.69, 9.17) is 15.6 Å². The van der Waals surface area contributed by atoms with Crippen molar-refractivity contribution in [2.45, 2.75) is 25.2 Å². The largest absolute Gasteiger partial charge is 0.434 e. The molecule has 3 heterocycles. The molecule has 0 amide bonds. The zero-order chi connectivity index (χ0) is 11.8. The fraction of sp³-hybridized carbons (Fsp3) is 0.455. The Kier molecular flexibility index (Phi) is 4.32. The third-order valence-corrected chi connectivity index (χ3v) is 3.05. The molecule has 1 aliphatic rings. The van der Waals surface area contributed by atoms with Gasteiger partial charge in [-0.15, -0.1) is 5.39 Å². The van der Waals surface area contributed by atoms with Gasteiger partial charge in [-0.1, -0.05) is 6.20 Å². The molecule has 2 atom stereocenters. The van der Waals surface area contributed by atoms with Crippen LogP contribution >= 0.6 is 0 Å². The van der Waals surface area contributed by atoms with Crippen molar-refractivity contribution in [3.8, 4) is 0 Å². The third-order valence-electron chi connectivity index (χ3n) is 3.05. The number of fused-ring (bicyclic) bond motifs is 1. The Morgan fingerprint density at radius 2 is 2.33 bits per heavy atom. The Morgan fingerprint density at radius 1 is 1.50 bits per heavy atom. The van der Waals surface area contributed by atoms with Gasteiger partial charge in [0, 0.05) is 44.2 Å². The van der Waals surface area contributed by atoms with E-state index in [0.717, 1.165) is 18.5 Å². The molecular weight excluding hydrogens is 309 g/mol. The Balaban J connectivity index is 0.00000120. The van der Waals surface area contributed by atoms with Gasteiger partial charge >= 0.3 is 0 Å². The summed E-state index contributed by atoms with van der Waals surface area (Å²) in [4.78, 5) is 8.12. The molecule has 1 aliphatic heterocycles. The molecule has 2 aromatic heterocycles. The fourth-order valence-corrected chi connectivity index (χ4v) is 2.16. The summed E-state index contributed by atoms with van der Waals surface area (Å²) in [5, 5.41) is 9.76. The predicted molar refractivity (Wildman–Crippen MR) is 61.0 cm³/mol. The van der Waals surface area contributed by atoms with Crippen LogP contribution in [0.5, 0.6) is 0 Å². The van der Waals surface area contributed by atoms with Gasteiger partial charge in [-0.3, -0.25) is 9.97 Å². The van der Waals surface area contributed by atoms with Crippen molar-refractivity contribution in [1.82, 2.24) is 14.5 Å². The number of aromatic nitrogens is 3. The van der Waals surface area contributed by atoms with Gasteiger partial charge in [-0.25, -0.2) is 0 Å². The van der Waals surface area contributed by atoms with Gasteiger partial charge in [0.1, 0.15) is 6.23 Å². The molecule has 0 aromatic carbocycles. The minimum absolute atomic E-state index is 0. The van der Waals surface area contributed by atoms with Crippen molar-refractivity contribution in [3.05, 3.63) is 18.6 Å². The molecule has 0 aliphatic carbocycles. The Hall–Kier alpha value is -0.556. The summed E-state index contributed by atoms with van der Waals surface area (Å²) in [5.74, 6) is 0.422. The molecule has 3 rings (SSSR count). The summed E-state index contributed by atoms with van der Waals surface area (Å²) in [5.41, 5.74) is 6.47. The standard InChI is InChI=1S/C11H13N4O2.Y/c12-10-8-3-4-15(11(8)14-6-13-10)9-2-1-7(5-16)17-9;/h4,6-7,9,16H,1-2,5H2,(H2,12,13,14);/q-1;. The molecule has 7 heteroatoms. The summed E-state index contributed by atoms with van der Waals surface area (Å²) >= 11 is 0. The minimum Gasteiger partial charge on any atom is -0.434 e. The zero-order valence-corrected chi connectivity index (χ0v) is 12.6. The normalized spacial score (nSPS) is 23.2. The van der Waals surface area contributed by atoms with E-state index in [0.29, 0.717) is 11.2 Å². The summed E-state index contributed by atoms with van der Waals surface area (Å²) in [6.07, 6.45) is 4.72. The molecule has 1 saturated heterocycles. The molecule has 3 N–H and O–H groups in total. The van der Waals surface area contributed by atoms with E-state index in [-0.39, 0.29) is 51.6 Å². The van der Waals surface area contributed by atoms with Crippen LogP contribution in [0.3, 0.4) is 0 Å². The second-order valence-corrected chi connectivity index (χ2v) is 4.11. The Morgan fingerprint density at radius 3 is 3.06 bits per heavy atom. The molecule has 2 aromatic rings. The van der Waals surface area contributed by atoms with E-state index >= 15 is 0 Å². The van der Waals surface area contributed by atoms with Crippen LogP contribution in [-0.2, 0) is 37.4 Å². The maximum Gasteiger partial charge on any atom is 0.124 e. The summed E-state index contributed by atoms with van der Waals surface area (Å²) < 4.78 is 7.59. The van der Waals surface area contributed by atoms with Gasteiger partial charge in [-0.05, 0) is 12.8 Å². The number of nitrogens with two attached hydrogens (primary N) is 1. The number of nitrogen functional groups attached to an aromatic ring is 1. The van der Waals surface area contributed by atoms with Crippen LogP contribution in [0, 0.1) is 6.07 Å². The third kappa shape index (κ3) is 2.30. The van der Waals surface area contributed by atoms with Crippen LogP contribution in [0.1, 0.15) is 19.1 Å². The van der Waals surface area contributed by atoms with E-state index in [2.05, 4.69) is 16.0 Å². The molecule has 6 nitrogen and oxygen atoms in total. The second-order valence-electron chi connectivity index (χ2n) is 4.11. The van der Waals surface area contributed by atoms with Crippen LogP contribution in [0.2, 0.25) is 0 Å². The monoisotopic (exact) mass is 322 g/mol. The number of nitrogens with zero attached hydrogens (tertiary/aromatic N) is 3. The van der Waals surface area contributed by atoms with Crippen molar-refractivity contribution >= 4 is 16.9 Å². The smallest absolute Gasteiger partial charge is 0.124 e. The van der Waals surface area contributed by atoms with Crippen molar-refractivity contribution in [2.75, 3.05) is 12.3 Å². The van der Waals surface area contributed by atoms with Gasteiger partial charge in [0.15, 0.2) is 0 Å². The topological polar surface area (TPSA) is 86.2 Å². The average molecular weight is 322 g/mol. The van der Waals surface area contributed by atoms with E-state index in [1.807, 2.05) is 4.57 Å². The number of hydrogen-bond acceptors (Lipinski definition) is 5. The van der Waals surface area contributed by atoms with Crippen LogP contribution in [0.25, 0.3) is 11.0 Å². The number of anilines is 1. The van der Waals surface area contributed by atoms with Gasteiger partial charge in [-0.2, -0.15) is 6.07 Å². The van der Waals surface area contributed by atoms with E-state index in [1.54, 1.807) is 6.20 Å². The molecular formula is C11H13N4O2Y-. The number of aliphatic hydroxyl groups is 1. The van der Waals surface area contributed by atoms with Gasteiger partial charge in [0.25, 0.3) is 0 Å². The maximum atomic E-state index is 9.05. The number of hydrogen-bond donors (Lipinski definition) is 2. The molecule has 93 valence electrons. The average Bonchev–Trinajstić information content (AvgIpc) is 2.94. The molecule has 0 saturated carbocycles. The number of rotatable bonds is 2. The van der Waals surface area contributed by atoms with Crippen LogP contribution in [0.4, 0.5) is 5.82 Å². The predicted octanol–water partition coefficient (Wildman–Crippen LogP) is 0.481. The van der Waals surface area contributed by atoms with Crippen molar-refractivity contribution in [2.24, 2.45) is 0 Å². The van der Waals surface area contributed by atoms with Crippen LogP contribution in [0.15, 0.2) is 12.5 Å². The fourth-order valence-electron chi connectivity index (χ4n) is 2.16. The number of aliphatic hydroxyl groups excluding tert-OH is 1. The van der Waals surface area contributed by atoms with E-state index in [1.165, 1.54) is 6.33 Å². The van der Waals surface area contributed by atoms with E-state index < -0.39 is 0 Å². The van der Waals surface area contributed by atoms with Gasteiger partial charge in [0.05, 0.1) is 19.0 Å². The molecule has 1 fully saturated rings. The number of ether oxygens (including phenoxy) is 1. The Labute approximate surface area is 129 Å². The Bertz CT molecular complexity index is 545. The first kappa shape index (κ1) is 13.9. The molecule has 18 heavy (non-hydrogen) atoms. The van der Waals surface area contributed by atoms with Crippen molar-refractivity contribution in [3.63, 3.8) is 0 Å². The first-order valence-electron chi connectivity index (χ1n) is 5.54. The summed E-state index contributed by atoms with van der Waals surface area (Å²) in [6, 6.07) is 3.04. The van der Waals surface area contributed by atoms with Crippen LogP contribution in [-0.4, -0.2) is 32.4 Å². The molecule has 0 bridgehead atoms. The first-order valence-corrected chi connectivity index (χ1v) is 5.54. The van der Waals surface area contributed by atoms with Crippen LogP contribution < -0.4 is 5.73 Å². The zero-order valence-electron chi connectivity index (χ0n) is 9.78. The molecule has 2 unspecified atom stereocenters. The minimum atomic E-state index is -0.102. The van der Waals surface area contributed by atoms with Gasteiger partial charge < -0.3 is 20.1 Å². The van der Waals surface area contributed by atoms with E-state index in [9.17, 15) is 0 Å². The van der Waals surface area contributed by atoms with Crippen molar-refractivity contribution < 1.29 is 42.6 Å². The first-order chi connectivity index (χ1) is 8.29. The summed E-state index contributed by atoms with van der Waals surface area (Å²) in [7, 11) is 0. The molecule has 1 radical (unpaired) electrons. The maximum absolute atomic E-state index is 9.05. The SMILES string of the molecule is Nc1ncnc2c1[c-]cn2C1CCC(CO)O1.[Y].